The molecule has 0 radical (unpaired) electrons. The number of hydrogen-bond donors (Lipinski definition) is 0. The minimum Gasteiger partial charge on any atom is -0.492 e. The molecule has 0 aliphatic carbocycles. The molecule has 0 fully saturated rings. The summed E-state index contributed by atoms with van der Waals surface area (Å²) in [4.78, 5) is 26.5. The lowest BCUT2D eigenvalue weighted by Crippen LogP contribution is -2.36. The predicted octanol–water partition coefficient (Wildman–Crippen LogP) is 4.93. The van der Waals surface area contributed by atoms with E-state index >= 15 is 0 Å². The quantitative estimate of drug-likeness (QED) is 0.389. The molecule has 0 saturated heterocycles. The molecule has 0 aliphatic heterocycles. The maximum Gasteiger partial charge on any atom is 0.289 e. The molecule has 158 valence electrons. The van der Waals surface area contributed by atoms with Crippen LogP contribution in [-0.2, 0) is 0 Å². The number of carbonyl (C=O) groups excluding carboxylic acids is 1. The summed E-state index contributed by atoms with van der Waals surface area (Å²) in [6.45, 7) is 3.78. The second kappa shape index (κ2) is 9.70. The fraction of sp³-hybridized carbons (Fsp3) is 0.286. The van der Waals surface area contributed by atoms with Crippen LogP contribution in [-0.4, -0.2) is 54.6 Å². The number of nitrogens with zero attached hydrogens (tertiary/aromatic N) is 4. The average Bonchev–Trinajstić information content (AvgIpc) is 3.32. The first-order valence-corrected chi connectivity index (χ1v) is 11.0. The highest BCUT2D eigenvalue weighted by Crippen LogP contribution is 2.35. The molecule has 30 heavy (non-hydrogen) atoms. The Balaban J connectivity index is 0.00000256. The predicted molar refractivity (Wildman–Crippen MR) is 128 cm³/mol. The summed E-state index contributed by atoms with van der Waals surface area (Å²) in [5.74, 6) is 0.623. The van der Waals surface area contributed by atoms with Crippen LogP contribution in [0, 0.1) is 0 Å². The standard InChI is InChI=1S/C21H22N4O2S2.ClH/c1-4-27-15-9-7-11-17-18(15)23-21(29-17)25(13-12-24(2)3)20(26)19-22-14-8-5-6-10-16(14)28-19;/h5-11H,4,12-13H2,1-3H3;1H. The van der Waals surface area contributed by atoms with Gasteiger partial charge in [0.2, 0.25) is 0 Å². The van der Waals surface area contributed by atoms with Gasteiger partial charge in [-0.15, -0.1) is 23.7 Å². The number of hydrogen-bond acceptors (Lipinski definition) is 7. The van der Waals surface area contributed by atoms with Crippen LogP contribution in [0.3, 0.4) is 0 Å². The largest absolute Gasteiger partial charge is 0.492 e. The fourth-order valence-corrected chi connectivity index (χ4v) is 4.88. The lowest BCUT2D eigenvalue weighted by atomic mass is 10.3. The molecule has 0 unspecified atom stereocenters. The van der Waals surface area contributed by atoms with Gasteiger partial charge in [-0.05, 0) is 45.3 Å². The van der Waals surface area contributed by atoms with Gasteiger partial charge in [-0.1, -0.05) is 29.5 Å². The van der Waals surface area contributed by atoms with Crippen molar-refractivity contribution in [3.05, 3.63) is 47.5 Å². The number of anilines is 1. The monoisotopic (exact) mass is 462 g/mol. The van der Waals surface area contributed by atoms with Gasteiger partial charge >= 0.3 is 0 Å². The van der Waals surface area contributed by atoms with E-state index in [9.17, 15) is 4.79 Å². The van der Waals surface area contributed by atoms with Crippen LogP contribution in [0.4, 0.5) is 5.13 Å². The molecule has 6 nitrogen and oxygen atoms in total. The lowest BCUT2D eigenvalue weighted by molar-refractivity contribution is 0.0985. The van der Waals surface area contributed by atoms with E-state index in [4.69, 9.17) is 9.72 Å². The molecule has 0 spiro atoms. The van der Waals surface area contributed by atoms with Crippen molar-refractivity contribution in [1.29, 1.82) is 0 Å². The Morgan fingerprint density at radius 3 is 2.50 bits per heavy atom. The normalized spacial score (nSPS) is 11.1. The topological polar surface area (TPSA) is 58.6 Å². The maximum absolute atomic E-state index is 13.4. The zero-order chi connectivity index (χ0) is 20.4. The first kappa shape index (κ1) is 22.4. The van der Waals surface area contributed by atoms with Crippen LogP contribution in [0.2, 0.25) is 0 Å². The van der Waals surface area contributed by atoms with Gasteiger partial charge in [0.15, 0.2) is 10.1 Å². The molecule has 0 saturated carbocycles. The molecule has 2 aromatic heterocycles. The molecular weight excluding hydrogens is 440 g/mol. The minimum absolute atomic E-state index is 0. The van der Waals surface area contributed by atoms with Crippen molar-refractivity contribution in [2.45, 2.75) is 6.92 Å². The molecule has 2 aromatic carbocycles. The number of amides is 1. The van der Waals surface area contributed by atoms with Crippen molar-refractivity contribution in [2.24, 2.45) is 0 Å². The number of fused-ring (bicyclic) bond motifs is 2. The highest BCUT2D eigenvalue weighted by atomic mass is 35.5. The van der Waals surface area contributed by atoms with Crippen LogP contribution in [0.25, 0.3) is 20.4 Å². The van der Waals surface area contributed by atoms with E-state index < -0.39 is 0 Å². The number of halogens is 1. The molecule has 0 N–H and O–H groups in total. The molecule has 4 aromatic rings. The molecule has 0 atom stereocenters. The number of benzene rings is 2. The van der Waals surface area contributed by atoms with Crippen molar-refractivity contribution in [3.63, 3.8) is 0 Å². The Bertz CT molecular complexity index is 1130. The van der Waals surface area contributed by atoms with E-state index in [1.54, 1.807) is 4.90 Å². The zero-order valence-electron chi connectivity index (χ0n) is 17.0. The summed E-state index contributed by atoms with van der Waals surface area (Å²) < 4.78 is 7.72. The van der Waals surface area contributed by atoms with Crippen molar-refractivity contribution in [3.8, 4) is 5.75 Å². The van der Waals surface area contributed by atoms with Crippen molar-refractivity contribution in [2.75, 3.05) is 38.7 Å². The number of aromatic nitrogens is 2. The zero-order valence-corrected chi connectivity index (χ0v) is 19.4. The van der Waals surface area contributed by atoms with E-state index in [-0.39, 0.29) is 18.3 Å². The van der Waals surface area contributed by atoms with Gasteiger partial charge in [0, 0.05) is 13.1 Å². The van der Waals surface area contributed by atoms with E-state index in [1.165, 1.54) is 22.7 Å². The second-order valence-corrected chi connectivity index (χ2v) is 8.82. The van der Waals surface area contributed by atoms with Gasteiger partial charge in [-0.25, -0.2) is 9.97 Å². The smallest absolute Gasteiger partial charge is 0.289 e. The van der Waals surface area contributed by atoms with Gasteiger partial charge in [0.05, 0.1) is 21.5 Å². The Hall–Kier alpha value is -2.26. The van der Waals surface area contributed by atoms with Gasteiger partial charge in [0.25, 0.3) is 5.91 Å². The van der Waals surface area contributed by atoms with Crippen LogP contribution in [0.15, 0.2) is 42.5 Å². The van der Waals surface area contributed by atoms with Crippen molar-refractivity contribution < 1.29 is 9.53 Å². The average molecular weight is 463 g/mol. The lowest BCUT2D eigenvalue weighted by Gasteiger charge is -2.20. The fourth-order valence-electron chi connectivity index (χ4n) is 2.96. The third-order valence-electron chi connectivity index (χ3n) is 4.39. The van der Waals surface area contributed by atoms with E-state index in [1.807, 2.05) is 63.5 Å². The number of rotatable bonds is 7. The van der Waals surface area contributed by atoms with Gasteiger partial charge < -0.3 is 9.64 Å². The molecule has 2 heterocycles. The number of likely N-dealkylation sites (N-methyl/N-ethyl adjacent to an activating group) is 1. The molecule has 9 heteroatoms. The molecule has 0 bridgehead atoms. The number of carbonyl (C=O) groups is 1. The van der Waals surface area contributed by atoms with Crippen LogP contribution in [0.5, 0.6) is 5.75 Å². The number of ether oxygens (including phenoxy) is 1. The minimum atomic E-state index is -0.120. The number of para-hydroxylation sites is 2. The Kier molecular flexibility index (Phi) is 7.25. The molecule has 0 aliphatic rings. The Labute approximate surface area is 189 Å². The van der Waals surface area contributed by atoms with Crippen LogP contribution >= 0.6 is 35.1 Å². The van der Waals surface area contributed by atoms with Gasteiger partial charge in [0.1, 0.15) is 11.3 Å². The highest BCUT2D eigenvalue weighted by Gasteiger charge is 2.25. The summed E-state index contributed by atoms with van der Waals surface area (Å²) in [5.41, 5.74) is 1.64. The van der Waals surface area contributed by atoms with Crippen LogP contribution in [0.1, 0.15) is 16.7 Å². The molecular formula is C21H23ClN4O2S2. The maximum atomic E-state index is 13.4. The first-order chi connectivity index (χ1) is 14.1. The summed E-state index contributed by atoms with van der Waals surface area (Å²) in [6.07, 6.45) is 0. The Morgan fingerprint density at radius 2 is 1.77 bits per heavy atom. The summed E-state index contributed by atoms with van der Waals surface area (Å²) >= 11 is 2.92. The molecule has 4 rings (SSSR count). The van der Waals surface area contributed by atoms with Crippen molar-refractivity contribution >= 4 is 66.6 Å². The van der Waals surface area contributed by atoms with Gasteiger partial charge in [-0.3, -0.25) is 9.69 Å². The van der Waals surface area contributed by atoms with E-state index in [0.29, 0.717) is 23.3 Å². The third-order valence-corrected chi connectivity index (χ3v) is 6.46. The summed E-state index contributed by atoms with van der Waals surface area (Å²) in [7, 11) is 3.98. The van der Waals surface area contributed by atoms with Crippen LogP contribution < -0.4 is 9.64 Å². The number of thiazole rings is 2. The third kappa shape index (κ3) is 4.57. The van der Waals surface area contributed by atoms with E-state index in [2.05, 4.69) is 9.88 Å². The first-order valence-electron chi connectivity index (χ1n) is 9.41. The van der Waals surface area contributed by atoms with Gasteiger partial charge in [-0.2, -0.15) is 0 Å². The highest BCUT2D eigenvalue weighted by molar-refractivity contribution is 7.23. The summed E-state index contributed by atoms with van der Waals surface area (Å²) in [6, 6.07) is 13.7. The van der Waals surface area contributed by atoms with Crippen molar-refractivity contribution in [1.82, 2.24) is 14.9 Å². The molecule has 1 amide bonds. The summed E-state index contributed by atoms with van der Waals surface area (Å²) in [5, 5.41) is 1.15. The Morgan fingerprint density at radius 1 is 1.00 bits per heavy atom. The van der Waals surface area contributed by atoms with E-state index in [0.717, 1.165) is 32.7 Å². The SMILES string of the molecule is CCOc1cccc2sc(N(CCN(C)C)C(=O)c3nc4ccccc4s3)nc12.Cl. The second-order valence-electron chi connectivity index (χ2n) is 6.78.